The van der Waals surface area contributed by atoms with Crippen molar-refractivity contribution in [3.63, 3.8) is 0 Å². The van der Waals surface area contributed by atoms with Crippen LogP contribution in [0.1, 0.15) is 30.1 Å². The fourth-order valence-electron chi connectivity index (χ4n) is 1.75. The van der Waals surface area contributed by atoms with Crippen molar-refractivity contribution in [2.45, 2.75) is 35.6 Å². The first-order valence-corrected chi connectivity index (χ1v) is 7.30. The van der Waals surface area contributed by atoms with Crippen LogP contribution in [0.15, 0.2) is 34.2 Å². The van der Waals surface area contributed by atoms with Gasteiger partial charge in [0.15, 0.2) is 0 Å². The summed E-state index contributed by atoms with van der Waals surface area (Å²) in [6, 6.07) is 6.48. The standard InChI is InChI=1S/C14H12ClFN2S/c1-8-12(15)17-13(9-5-6-9)18-14(8)19-11-4-2-3-10(16)7-11/h2-4,7,9H,5-6H2,1H3. The maximum Gasteiger partial charge on any atom is 0.136 e. The molecule has 1 aromatic heterocycles. The zero-order valence-corrected chi connectivity index (χ0v) is 11.9. The highest BCUT2D eigenvalue weighted by atomic mass is 35.5. The van der Waals surface area contributed by atoms with E-state index in [-0.39, 0.29) is 5.82 Å². The van der Waals surface area contributed by atoms with E-state index >= 15 is 0 Å². The number of hydrogen-bond donors (Lipinski definition) is 0. The lowest BCUT2D eigenvalue weighted by atomic mass is 10.3. The molecule has 1 aliphatic carbocycles. The van der Waals surface area contributed by atoms with E-state index in [1.54, 1.807) is 6.07 Å². The quantitative estimate of drug-likeness (QED) is 0.773. The van der Waals surface area contributed by atoms with E-state index in [9.17, 15) is 4.39 Å². The van der Waals surface area contributed by atoms with E-state index in [0.717, 1.165) is 34.2 Å². The molecule has 0 atom stereocenters. The van der Waals surface area contributed by atoms with Crippen LogP contribution in [-0.4, -0.2) is 9.97 Å². The van der Waals surface area contributed by atoms with Gasteiger partial charge in [-0.05, 0) is 38.0 Å². The van der Waals surface area contributed by atoms with E-state index in [2.05, 4.69) is 9.97 Å². The second-order valence-corrected chi connectivity index (χ2v) is 6.06. The maximum absolute atomic E-state index is 13.2. The Hall–Kier alpha value is -1.13. The molecule has 0 aliphatic heterocycles. The molecule has 0 amide bonds. The zero-order chi connectivity index (χ0) is 13.4. The van der Waals surface area contributed by atoms with Crippen molar-refractivity contribution in [2.75, 3.05) is 0 Å². The van der Waals surface area contributed by atoms with Crippen molar-refractivity contribution in [1.29, 1.82) is 0 Å². The van der Waals surface area contributed by atoms with E-state index in [1.807, 2.05) is 13.0 Å². The average molecular weight is 295 g/mol. The van der Waals surface area contributed by atoms with Gasteiger partial charge < -0.3 is 0 Å². The molecule has 1 heterocycles. The smallest absolute Gasteiger partial charge is 0.136 e. The topological polar surface area (TPSA) is 25.8 Å². The minimum atomic E-state index is -0.245. The van der Waals surface area contributed by atoms with Crippen LogP contribution >= 0.6 is 23.4 Å². The molecule has 0 bridgehead atoms. The maximum atomic E-state index is 13.2. The van der Waals surface area contributed by atoms with Gasteiger partial charge in [0.25, 0.3) is 0 Å². The summed E-state index contributed by atoms with van der Waals surface area (Å²) in [6.07, 6.45) is 2.26. The Bertz CT molecular complexity index is 629. The summed E-state index contributed by atoms with van der Waals surface area (Å²) in [4.78, 5) is 9.71. The molecule has 3 rings (SSSR count). The van der Waals surface area contributed by atoms with E-state index in [0.29, 0.717) is 11.1 Å². The summed E-state index contributed by atoms with van der Waals surface area (Å²) in [7, 11) is 0. The summed E-state index contributed by atoms with van der Waals surface area (Å²) < 4.78 is 13.2. The molecule has 98 valence electrons. The van der Waals surface area contributed by atoms with Crippen molar-refractivity contribution < 1.29 is 4.39 Å². The van der Waals surface area contributed by atoms with Crippen LogP contribution in [-0.2, 0) is 0 Å². The Balaban J connectivity index is 1.95. The summed E-state index contributed by atoms with van der Waals surface area (Å²) >= 11 is 7.58. The molecule has 1 aromatic carbocycles. The first-order chi connectivity index (χ1) is 9.13. The Kier molecular flexibility index (Phi) is 3.46. The largest absolute Gasteiger partial charge is 0.226 e. The Morgan fingerprint density at radius 2 is 2.11 bits per heavy atom. The number of aromatic nitrogens is 2. The lowest BCUT2D eigenvalue weighted by Gasteiger charge is -2.08. The first kappa shape index (κ1) is 12.9. The molecule has 0 spiro atoms. The van der Waals surface area contributed by atoms with Gasteiger partial charge in [-0.3, -0.25) is 0 Å². The Morgan fingerprint density at radius 1 is 1.32 bits per heavy atom. The van der Waals surface area contributed by atoms with Crippen molar-refractivity contribution >= 4 is 23.4 Å². The molecule has 1 aliphatic rings. The van der Waals surface area contributed by atoms with Crippen LogP contribution in [0.4, 0.5) is 4.39 Å². The minimum Gasteiger partial charge on any atom is -0.226 e. The van der Waals surface area contributed by atoms with E-state index in [1.165, 1.54) is 23.9 Å². The highest BCUT2D eigenvalue weighted by Gasteiger charge is 2.28. The average Bonchev–Trinajstić information content (AvgIpc) is 3.19. The van der Waals surface area contributed by atoms with Gasteiger partial charge in [-0.25, -0.2) is 14.4 Å². The summed E-state index contributed by atoms with van der Waals surface area (Å²) in [6.45, 7) is 1.89. The van der Waals surface area contributed by atoms with Crippen molar-refractivity contribution in [2.24, 2.45) is 0 Å². The van der Waals surface area contributed by atoms with Crippen LogP contribution in [0.25, 0.3) is 0 Å². The van der Waals surface area contributed by atoms with Crippen molar-refractivity contribution in [3.8, 4) is 0 Å². The van der Waals surface area contributed by atoms with Gasteiger partial charge in [0.05, 0.1) is 0 Å². The normalized spacial score (nSPS) is 14.7. The highest BCUT2D eigenvalue weighted by molar-refractivity contribution is 7.99. The summed E-state index contributed by atoms with van der Waals surface area (Å²) in [5, 5.41) is 1.31. The van der Waals surface area contributed by atoms with Crippen LogP contribution in [0.3, 0.4) is 0 Å². The van der Waals surface area contributed by atoms with Gasteiger partial charge in [-0.1, -0.05) is 29.4 Å². The third-order valence-electron chi connectivity index (χ3n) is 3.01. The summed E-state index contributed by atoms with van der Waals surface area (Å²) in [5.74, 6) is 1.02. The number of halogens is 2. The third-order valence-corrected chi connectivity index (χ3v) is 4.46. The van der Waals surface area contributed by atoms with E-state index in [4.69, 9.17) is 11.6 Å². The Labute approximate surface area is 120 Å². The van der Waals surface area contributed by atoms with Gasteiger partial charge in [0.1, 0.15) is 21.8 Å². The van der Waals surface area contributed by atoms with Crippen LogP contribution < -0.4 is 0 Å². The third kappa shape index (κ3) is 2.90. The minimum absolute atomic E-state index is 0.245. The van der Waals surface area contributed by atoms with Gasteiger partial charge in [0.2, 0.25) is 0 Å². The molecule has 0 N–H and O–H groups in total. The second-order valence-electron chi connectivity index (χ2n) is 4.64. The van der Waals surface area contributed by atoms with E-state index < -0.39 is 0 Å². The predicted octanol–water partition coefficient (Wildman–Crippen LogP) is 4.61. The van der Waals surface area contributed by atoms with Gasteiger partial charge in [-0.2, -0.15) is 0 Å². The molecule has 19 heavy (non-hydrogen) atoms. The number of hydrogen-bond acceptors (Lipinski definition) is 3. The van der Waals surface area contributed by atoms with Crippen molar-refractivity contribution in [3.05, 3.63) is 46.6 Å². The molecular weight excluding hydrogens is 283 g/mol. The predicted molar refractivity (Wildman–Crippen MR) is 74.3 cm³/mol. The number of nitrogens with zero attached hydrogens (tertiary/aromatic N) is 2. The number of rotatable bonds is 3. The molecule has 1 saturated carbocycles. The molecule has 5 heteroatoms. The van der Waals surface area contributed by atoms with Crippen LogP contribution in [0, 0.1) is 12.7 Å². The van der Waals surface area contributed by atoms with Gasteiger partial charge in [0, 0.05) is 16.4 Å². The molecule has 1 fully saturated rings. The van der Waals surface area contributed by atoms with Crippen LogP contribution in [0.5, 0.6) is 0 Å². The first-order valence-electron chi connectivity index (χ1n) is 6.11. The molecule has 2 aromatic rings. The lowest BCUT2D eigenvalue weighted by molar-refractivity contribution is 0.624. The number of benzene rings is 1. The summed E-state index contributed by atoms with van der Waals surface area (Å²) in [5.41, 5.74) is 0.848. The molecule has 2 nitrogen and oxygen atoms in total. The van der Waals surface area contributed by atoms with Crippen LogP contribution in [0.2, 0.25) is 5.15 Å². The SMILES string of the molecule is Cc1c(Cl)nc(C2CC2)nc1Sc1cccc(F)c1. The Morgan fingerprint density at radius 3 is 2.79 bits per heavy atom. The molecule has 0 unspecified atom stereocenters. The monoisotopic (exact) mass is 294 g/mol. The zero-order valence-electron chi connectivity index (χ0n) is 10.4. The molecule has 0 radical (unpaired) electrons. The second kappa shape index (κ2) is 5.10. The van der Waals surface area contributed by atoms with Crippen molar-refractivity contribution in [1.82, 2.24) is 9.97 Å². The fourth-order valence-corrected chi connectivity index (χ4v) is 2.91. The fraction of sp³-hybridized carbons (Fsp3) is 0.286. The molecular formula is C14H12ClFN2S. The highest BCUT2D eigenvalue weighted by Crippen LogP contribution is 2.40. The lowest BCUT2D eigenvalue weighted by Crippen LogP contribution is -1.98. The van der Waals surface area contributed by atoms with Gasteiger partial charge >= 0.3 is 0 Å². The van der Waals surface area contributed by atoms with Gasteiger partial charge in [-0.15, -0.1) is 0 Å². The molecule has 0 saturated heterocycles.